The third-order valence-corrected chi connectivity index (χ3v) is 5.65. The van der Waals surface area contributed by atoms with Crippen LogP contribution in [0.4, 0.5) is 0 Å². The summed E-state index contributed by atoms with van der Waals surface area (Å²) in [5.41, 5.74) is 3.81. The van der Waals surface area contributed by atoms with Gasteiger partial charge >= 0.3 is 0 Å². The molecule has 0 saturated carbocycles. The van der Waals surface area contributed by atoms with Crippen LogP contribution in [0, 0.1) is 0 Å². The second-order valence-electron chi connectivity index (χ2n) is 6.74. The molecule has 0 N–H and O–H groups in total. The van der Waals surface area contributed by atoms with Crippen LogP contribution in [0.3, 0.4) is 0 Å². The first-order valence-corrected chi connectivity index (χ1v) is 10.6. The van der Waals surface area contributed by atoms with E-state index in [9.17, 15) is 4.79 Å². The molecule has 142 valence electrons. The van der Waals surface area contributed by atoms with Gasteiger partial charge in [0.25, 0.3) is 0 Å². The lowest BCUT2D eigenvalue weighted by atomic mass is 9.86. The number of ketones is 1. The van der Waals surface area contributed by atoms with E-state index in [-0.39, 0.29) is 5.78 Å². The Morgan fingerprint density at radius 3 is 2.79 bits per heavy atom. The van der Waals surface area contributed by atoms with Gasteiger partial charge in [-0.1, -0.05) is 12.1 Å². The molecule has 0 bridgehead atoms. The summed E-state index contributed by atoms with van der Waals surface area (Å²) in [4.78, 5) is 18.1. The van der Waals surface area contributed by atoms with E-state index in [1.807, 2.05) is 35.0 Å². The number of benzene rings is 2. The summed E-state index contributed by atoms with van der Waals surface area (Å²) in [6, 6.07) is 14.1. The molecule has 0 saturated heterocycles. The first kappa shape index (κ1) is 18.6. The van der Waals surface area contributed by atoms with E-state index in [4.69, 9.17) is 4.74 Å². The SMILES string of the molecule is CSc1ccc(C=C2CCc3cc(OCCn4ccnc4)ccc3C2=O)cc1. The van der Waals surface area contributed by atoms with Crippen LogP contribution in [-0.2, 0) is 13.0 Å². The van der Waals surface area contributed by atoms with Gasteiger partial charge in [0.15, 0.2) is 5.78 Å². The number of aryl methyl sites for hydroxylation is 1. The van der Waals surface area contributed by atoms with Crippen LogP contribution in [-0.4, -0.2) is 28.2 Å². The van der Waals surface area contributed by atoms with Crippen LogP contribution in [0.1, 0.15) is 27.9 Å². The number of fused-ring (bicyclic) bond motifs is 1. The van der Waals surface area contributed by atoms with Crippen LogP contribution in [0.2, 0.25) is 0 Å². The van der Waals surface area contributed by atoms with Gasteiger partial charge in [0, 0.05) is 28.4 Å². The van der Waals surface area contributed by atoms with E-state index >= 15 is 0 Å². The summed E-state index contributed by atoms with van der Waals surface area (Å²) in [5.74, 6) is 0.937. The average Bonchev–Trinajstić information content (AvgIpc) is 3.24. The lowest BCUT2D eigenvalue weighted by molar-refractivity contribution is 0.102. The van der Waals surface area contributed by atoms with Crippen molar-refractivity contribution in [2.24, 2.45) is 0 Å². The topological polar surface area (TPSA) is 44.1 Å². The number of carbonyl (C=O) groups excluding carboxylic acids is 1. The third-order valence-electron chi connectivity index (χ3n) is 4.91. The molecular formula is C23H22N2O2S. The molecule has 1 aliphatic carbocycles. The Kier molecular flexibility index (Phi) is 5.63. The van der Waals surface area contributed by atoms with Crippen LogP contribution in [0.5, 0.6) is 5.75 Å². The van der Waals surface area contributed by atoms with E-state index in [1.54, 1.807) is 24.3 Å². The number of nitrogens with zero attached hydrogens (tertiary/aromatic N) is 2. The van der Waals surface area contributed by atoms with Gasteiger partial charge in [-0.25, -0.2) is 4.98 Å². The van der Waals surface area contributed by atoms with Gasteiger partial charge in [-0.2, -0.15) is 0 Å². The molecule has 4 rings (SSSR count). The minimum atomic E-state index is 0.125. The van der Waals surface area contributed by atoms with Crippen LogP contribution < -0.4 is 4.74 Å². The van der Waals surface area contributed by atoms with Gasteiger partial charge in [0.2, 0.25) is 0 Å². The lowest BCUT2D eigenvalue weighted by Gasteiger charge is -2.19. The Balaban J connectivity index is 1.45. The predicted octanol–water partition coefficient (Wildman–Crippen LogP) is 4.90. The van der Waals surface area contributed by atoms with Crippen molar-refractivity contribution in [2.45, 2.75) is 24.3 Å². The maximum Gasteiger partial charge on any atom is 0.189 e. The second kappa shape index (κ2) is 8.48. The van der Waals surface area contributed by atoms with E-state index in [0.29, 0.717) is 6.61 Å². The van der Waals surface area contributed by atoms with E-state index < -0.39 is 0 Å². The smallest absolute Gasteiger partial charge is 0.189 e. The number of ether oxygens (including phenoxy) is 1. The van der Waals surface area contributed by atoms with Gasteiger partial charge in [-0.15, -0.1) is 11.8 Å². The van der Waals surface area contributed by atoms with Crippen LogP contribution in [0.25, 0.3) is 6.08 Å². The van der Waals surface area contributed by atoms with E-state index in [1.165, 1.54) is 4.90 Å². The molecule has 5 heteroatoms. The first-order valence-electron chi connectivity index (χ1n) is 9.34. The number of aromatic nitrogens is 2. The largest absolute Gasteiger partial charge is 0.492 e. The van der Waals surface area contributed by atoms with Crippen LogP contribution >= 0.6 is 11.8 Å². The molecular weight excluding hydrogens is 368 g/mol. The zero-order chi connectivity index (χ0) is 19.3. The molecule has 1 aromatic heterocycles. The Morgan fingerprint density at radius 2 is 2.04 bits per heavy atom. The summed E-state index contributed by atoms with van der Waals surface area (Å²) in [7, 11) is 0. The van der Waals surface area contributed by atoms with Crippen molar-refractivity contribution in [3.8, 4) is 5.75 Å². The maximum absolute atomic E-state index is 12.9. The maximum atomic E-state index is 12.9. The van der Waals surface area contributed by atoms with Crippen molar-refractivity contribution >= 4 is 23.6 Å². The summed E-state index contributed by atoms with van der Waals surface area (Å²) in [6.45, 7) is 1.32. The Morgan fingerprint density at radius 1 is 1.18 bits per heavy atom. The van der Waals surface area contributed by atoms with E-state index in [0.717, 1.165) is 47.4 Å². The molecule has 3 aromatic rings. The Labute approximate surface area is 169 Å². The van der Waals surface area contributed by atoms with Gasteiger partial charge < -0.3 is 9.30 Å². The van der Waals surface area contributed by atoms with Crippen molar-refractivity contribution < 1.29 is 9.53 Å². The number of hydrogen-bond donors (Lipinski definition) is 0. The van der Waals surface area contributed by atoms with Gasteiger partial charge in [-0.3, -0.25) is 4.79 Å². The summed E-state index contributed by atoms with van der Waals surface area (Å²) in [5, 5.41) is 0. The van der Waals surface area contributed by atoms with Crippen molar-refractivity contribution in [1.82, 2.24) is 9.55 Å². The molecule has 1 aliphatic rings. The van der Waals surface area contributed by atoms with E-state index in [2.05, 4.69) is 35.5 Å². The normalized spacial score (nSPS) is 14.9. The third kappa shape index (κ3) is 4.20. The van der Waals surface area contributed by atoms with Crippen molar-refractivity contribution in [3.63, 3.8) is 0 Å². The summed E-state index contributed by atoms with van der Waals surface area (Å²) < 4.78 is 7.83. The fourth-order valence-corrected chi connectivity index (χ4v) is 3.78. The van der Waals surface area contributed by atoms with Gasteiger partial charge in [0.1, 0.15) is 12.4 Å². The number of Topliss-reactive ketones (excluding diaryl/α,β-unsaturated/α-hetero) is 1. The van der Waals surface area contributed by atoms with Crippen molar-refractivity contribution in [1.29, 1.82) is 0 Å². The van der Waals surface area contributed by atoms with Gasteiger partial charge in [-0.05, 0) is 66.6 Å². The highest BCUT2D eigenvalue weighted by Crippen LogP contribution is 2.29. The molecule has 0 atom stereocenters. The highest BCUT2D eigenvalue weighted by molar-refractivity contribution is 7.98. The summed E-state index contributed by atoms with van der Waals surface area (Å²) >= 11 is 1.72. The fourth-order valence-electron chi connectivity index (χ4n) is 3.37. The quantitative estimate of drug-likeness (QED) is 0.444. The predicted molar refractivity (Wildman–Crippen MR) is 113 cm³/mol. The highest BCUT2D eigenvalue weighted by atomic mass is 32.2. The highest BCUT2D eigenvalue weighted by Gasteiger charge is 2.22. The number of imidazole rings is 1. The molecule has 2 aromatic carbocycles. The monoisotopic (exact) mass is 390 g/mol. The number of carbonyl (C=O) groups is 1. The minimum Gasteiger partial charge on any atom is -0.492 e. The molecule has 4 nitrogen and oxygen atoms in total. The molecule has 0 unspecified atom stereocenters. The molecule has 28 heavy (non-hydrogen) atoms. The van der Waals surface area contributed by atoms with Crippen molar-refractivity contribution in [2.75, 3.05) is 12.9 Å². The zero-order valence-electron chi connectivity index (χ0n) is 15.8. The molecule has 0 aliphatic heterocycles. The molecule has 1 heterocycles. The van der Waals surface area contributed by atoms with Crippen molar-refractivity contribution in [3.05, 3.63) is 83.4 Å². The number of hydrogen-bond acceptors (Lipinski definition) is 4. The molecule has 0 spiro atoms. The zero-order valence-corrected chi connectivity index (χ0v) is 16.6. The number of rotatable bonds is 6. The Bertz CT molecular complexity index is 992. The number of thioether (sulfide) groups is 1. The average molecular weight is 391 g/mol. The minimum absolute atomic E-state index is 0.125. The lowest BCUT2D eigenvalue weighted by Crippen LogP contribution is -2.14. The fraction of sp³-hybridized carbons (Fsp3) is 0.217. The standard InChI is InChI=1S/C23H22N2O2S/c1-28-21-7-2-17(3-8-21)14-19-5-4-18-15-20(6-9-22(18)23(19)26)27-13-12-25-11-10-24-16-25/h2-3,6-11,14-16H,4-5,12-13H2,1H3. The van der Waals surface area contributed by atoms with Crippen LogP contribution in [0.15, 0.2) is 71.7 Å². The van der Waals surface area contributed by atoms with Gasteiger partial charge in [0.05, 0.1) is 12.9 Å². The number of allylic oxidation sites excluding steroid dienone is 1. The molecule has 0 fully saturated rings. The Hall–Kier alpha value is -2.79. The second-order valence-corrected chi connectivity index (χ2v) is 7.62. The summed E-state index contributed by atoms with van der Waals surface area (Å²) in [6.07, 6.45) is 11.1. The molecule has 0 amide bonds. The molecule has 0 radical (unpaired) electrons. The first-order chi connectivity index (χ1) is 13.7.